The van der Waals surface area contributed by atoms with Gasteiger partial charge in [-0.15, -0.1) is 11.3 Å². The minimum Gasteiger partial charge on any atom is -1.00 e. The van der Waals surface area contributed by atoms with Gasteiger partial charge in [0, 0.05) is 18.0 Å². The van der Waals surface area contributed by atoms with Gasteiger partial charge in [-0.1, -0.05) is 34.8 Å². The van der Waals surface area contributed by atoms with Crippen LogP contribution in [0.5, 0.6) is 0 Å². The summed E-state index contributed by atoms with van der Waals surface area (Å²) in [4.78, 5) is 5.06. The predicted octanol–water partition coefficient (Wildman–Crippen LogP) is 2.84. The van der Waals surface area contributed by atoms with Crippen molar-refractivity contribution in [3.05, 3.63) is 67.5 Å². The molecule has 1 heterocycles. The molecule has 0 spiro atoms. The van der Waals surface area contributed by atoms with E-state index in [9.17, 15) is 4.39 Å². The Labute approximate surface area is 163 Å². The number of aromatic nitrogens is 1. The fourth-order valence-electron chi connectivity index (χ4n) is 2.20. The Morgan fingerprint density at radius 1 is 1.00 bits per heavy atom. The van der Waals surface area contributed by atoms with E-state index in [1.165, 1.54) is 17.4 Å². The summed E-state index contributed by atoms with van der Waals surface area (Å²) in [6.07, 6.45) is 0. The van der Waals surface area contributed by atoms with E-state index in [0.717, 1.165) is 21.7 Å². The number of rotatable bonds is 2. The topological polar surface area (TPSA) is 17.3 Å². The van der Waals surface area contributed by atoms with Crippen LogP contribution in [-0.2, 0) is 0 Å². The van der Waals surface area contributed by atoms with Crippen LogP contribution < -0.4 is 17.2 Å². The van der Waals surface area contributed by atoms with Gasteiger partial charge in [0.25, 0.3) is 0 Å². The van der Waals surface area contributed by atoms with Crippen molar-refractivity contribution in [3.8, 4) is 16.9 Å². The van der Waals surface area contributed by atoms with E-state index >= 15 is 0 Å². The average Bonchev–Trinajstić information content (AvgIpc) is 2.96. The Hall–Kier alpha value is -1.04. The van der Waals surface area contributed by atoms with Gasteiger partial charge in [0.2, 0.25) is 0 Å². The van der Waals surface area contributed by atoms with Crippen molar-refractivity contribution in [2.24, 2.45) is 4.99 Å². The van der Waals surface area contributed by atoms with Gasteiger partial charge in [0.1, 0.15) is 5.82 Å². The van der Waals surface area contributed by atoms with Gasteiger partial charge in [-0.2, -0.15) is 0 Å². The summed E-state index contributed by atoms with van der Waals surface area (Å²) >= 11 is 19.5. The first-order valence-electron chi connectivity index (χ1n) is 6.55. The van der Waals surface area contributed by atoms with E-state index in [1.54, 1.807) is 31.3 Å². The van der Waals surface area contributed by atoms with E-state index in [-0.39, 0.29) is 17.4 Å². The van der Waals surface area contributed by atoms with E-state index in [4.69, 9.17) is 34.8 Å². The Bertz CT molecular complexity index is 949. The zero-order valence-electron chi connectivity index (χ0n) is 12.2. The Kier molecular flexibility index (Phi) is 6.34. The van der Waals surface area contributed by atoms with Crippen molar-refractivity contribution in [1.82, 2.24) is 4.57 Å². The fraction of sp³-hybridized carbons (Fsp3) is 0.0625. The molecule has 3 rings (SSSR count). The van der Waals surface area contributed by atoms with E-state index in [2.05, 4.69) is 4.99 Å². The molecule has 0 aliphatic rings. The summed E-state index contributed by atoms with van der Waals surface area (Å²) in [5, 5.41) is 2.94. The number of halogens is 5. The lowest BCUT2D eigenvalue weighted by molar-refractivity contribution is -0.00000486. The zero-order valence-corrected chi connectivity index (χ0v) is 16.1. The maximum atomic E-state index is 13.4. The minimum atomic E-state index is -0.452. The summed E-state index contributed by atoms with van der Waals surface area (Å²) in [7, 11) is 1.71. The maximum Gasteiger partial charge on any atom is 0.189 e. The fourth-order valence-corrected chi connectivity index (χ4v) is 3.54. The average molecular weight is 423 g/mol. The zero-order chi connectivity index (χ0) is 16.6. The molecule has 24 heavy (non-hydrogen) atoms. The third-order valence-electron chi connectivity index (χ3n) is 3.28. The summed E-state index contributed by atoms with van der Waals surface area (Å²) in [6.45, 7) is 0. The minimum absolute atomic E-state index is 0. The standard InChI is InChI=1S/C16H10Cl3FN2S.ClH/c1-21-16-22(10-3-4-11(17)12(18)7-10)15(8-23-16)9-2-5-14(20)13(19)6-9;/h2-8H,1H3;1H/p-1. The van der Waals surface area contributed by atoms with Crippen LogP contribution in [0.3, 0.4) is 0 Å². The summed E-state index contributed by atoms with van der Waals surface area (Å²) in [5.41, 5.74) is 2.45. The van der Waals surface area contributed by atoms with Crippen LogP contribution in [0.4, 0.5) is 4.39 Å². The lowest BCUT2D eigenvalue weighted by atomic mass is 10.1. The molecule has 2 nitrogen and oxygen atoms in total. The second kappa shape index (κ2) is 7.89. The largest absolute Gasteiger partial charge is 1.00 e. The van der Waals surface area contributed by atoms with Gasteiger partial charge < -0.3 is 12.4 Å². The van der Waals surface area contributed by atoms with Crippen molar-refractivity contribution in [1.29, 1.82) is 0 Å². The highest BCUT2D eigenvalue weighted by Crippen LogP contribution is 2.30. The Morgan fingerprint density at radius 3 is 2.38 bits per heavy atom. The van der Waals surface area contributed by atoms with Crippen LogP contribution in [0.15, 0.2) is 46.8 Å². The summed E-state index contributed by atoms with van der Waals surface area (Å²) in [5.74, 6) is -0.452. The highest BCUT2D eigenvalue weighted by molar-refractivity contribution is 7.07. The molecule has 1 aromatic heterocycles. The highest BCUT2D eigenvalue weighted by Gasteiger charge is 2.12. The molecule has 0 fully saturated rings. The lowest BCUT2D eigenvalue weighted by Gasteiger charge is -2.10. The molecule has 0 N–H and O–H groups in total. The molecule has 0 atom stereocenters. The molecular formula is C16H10Cl4FN2S-. The Morgan fingerprint density at radius 2 is 1.75 bits per heavy atom. The molecular weight excluding hydrogens is 413 g/mol. The van der Waals surface area contributed by atoms with E-state index in [1.807, 2.05) is 16.0 Å². The van der Waals surface area contributed by atoms with Crippen molar-refractivity contribution >= 4 is 46.1 Å². The quantitative estimate of drug-likeness (QED) is 0.604. The van der Waals surface area contributed by atoms with Crippen LogP contribution in [0.25, 0.3) is 16.9 Å². The van der Waals surface area contributed by atoms with Crippen molar-refractivity contribution in [2.75, 3.05) is 7.05 Å². The monoisotopic (exact) mass is 421 g/mol. The molecule has 0 bridgehead atoms. The molecule has 0 amide bonds. The first kappa shape index (κ1) is 19.3. The summed E-state index contributed by atoms with van der Waals surface area (Å²) < 4.78 is 15.3. The maximum absolute atomic E-state index is 13.4. The molecule has 126 valence electrons. The third-order valence-corrected chi connectivity index (χ3v) is 5.22. The van der Waals surface area contributed by atoms with Crippen LogP contribution in [0.1, 0.15) is 0 Å². The molecule has 0 unspecified atom stereocenters. The molecule has 0 radical (unpaired) electrons. The molecule has 2 aromatic carbocycles. The third kappa shape index (κ3) is 3.63. The highest BCUT2D eigenvalue weighted by atomic mass is 35.5. The molecule has 0 aliphatic heterocycles. The molecule has 0 saturated carbocycles. The van der Waals surface area contributed by atoms with Crippen LogP contribution >= 0.6 is 46.1 Å². The smallest absolute Gasteiger partial charge is 0.189 e. The second-order valence-corrected chi connectivity index (χ2v) is 6.75. The Balaban J connectivity index is 0.00000208. The van der Waals surface area contributed by atoms with E-state index < -0.39 is 5.82 Å². The van der Waals surface area contributed by atoms with Crippen LogP contribution in [0.2, 0.25) is 15.1 Å². The van der Waals surface area contributed by atoms with Gasteiger partial charge in [-0.25, -0.2) is 4.39 Å². The van der Waals surface area contributed by atoms with Crippen molar-refractivity contribution in [3.63, 3.8) is 0 Å². The first-order valence-corrected chi connectivity index (χ1v) is 8.57. The number of hydrogen-bond donors (Lipinski definition) is 0. The lowest BCUT2D eigenvalue weighted by Crippen LogP contribution is -3.00. The van der Waals surface area contributed by atoms with E-state index in [0.29, 0.717) is 10.0 Å². The number of benzene rings is 2. The molecule has 8 heteroatoms. The first-order chi connectivity index (χ1) is 11.0. The number of thiazole rings is 1. The van der Waals surface area contributed by atoms with Gasteiger partial charge >= 0.3 is 0 Å². The van der Waals surface area contributed by atoms with Crippen molar-refractivity contribution < 1.29 is 16.8 Å². The molecule has 3 aromatic rings. The summed E-state index contributed by atoms with van der Waals surface area (Å²) in [6, 6.07) is 9.95. The number of hydrogen-bond acceptors (Lipinski definition) is 2. The molecule has 0 aliphatic carbocycles. The normalized spacial score (nSPS) is 11.5. The molecule has 0 saturated heterocycles. The van der Waals surface area contributed by atoms with Crippen LogP contribution in [-0.4, -0.2) is 11.6 Å². The van der Waals surface area contributed by atoms with Crippen molar-refractivity contribution in [2.45, 2.75) is 0 Å². The predicted molar refractivity (Wildman–Crippen MR) is 95.6 cm³/mol. The van der Waals surface area contributed by atoms with Gasteiger partial charge in [-0.05, 0) is 36.4 Å². The SMILES string of the molecule is CN=c1scc(-c2ccc(F)c(Cl)c2)n1-c1ccc(Cl)c(Cl)c1.[Cl-]. The van der Waals surface area contributed by atoms with Crippen LogP contribution in [0, 0.1) is 5.82 Å². The van der Waals surface area contributed by atoms with Gasteiger partial charge in [0.05, 0.1) is 26.4 Å². The number of nitrogens with zero attached hydrogens (tertiary/aromatic N) is 2. The van der Waals surface area contributed by atoms with Gasteiger partial charge in [0.15, 0.2) is 4.80 Å². The second-order valence-electron chi connectivity index (χ2n) is 4.69. The van der Waals surface area contributed by atoms with Gasteiger partial charge in [-0.3, -0.25) is 9.56 Å².